The zero-order chi connectivity index (χ0) is 8.10. The summed E-state index contributed by atoms with van der Waals surface area (Å²) >= 11 is 0. The summed E-state index contributed by atoms with van der Waals surface area (Å²) in [5, 5.41) is 2.47. The molecule has 11 heavy (non-hydrogen) atoms. The fourth-order valence-corrected chi connectivity index (χ4v) is 0.625. The monoisotopic (exact) mass is 151 g/mol. The number of carbonyl (C=O) groups excluding carboxylic acids is 1. The van der Waals surface area contributed by atoms with E-state index in [9.17, 15) is 4.79 Å². The van der Waals surface area contributed by atoms with Crippen LogP contribution in [0.3, 0.4) is 0 Å². The van der Waals surface area contributed by atoms with Crippen molar-refractivity contribution in [1.29, 1.82) is 0 Å². The number of hydrogen-bond acceptors (Lipinski definition) is 2. The average Bonchev–Trinajstić information content (AvgIpc) is 2.52. The van der Waals surface area contributed by atoms with Crippen LogP contribution in [-0.4, -0.2) is 13.0 Å². The van der Waals surface area contributed by atoms with E-state index in [1.54, 1.807) is 31.7 Å². The minimum Gasteiger partial charge on any atom is -0.472 e. The molecule has 1 aromatic heterocycles. The van der Waals surface area contributed by atoms with E-state index in [2.05, 4.69) is 5.32 Å². The van der Waals surface area contributed by atoms with Crippen molar-refractivity contribution in [3.8, 4) is 0 Å². The van der Waals surface area contributed by atoms with Crippen molar-refractivity contribution in [3.05, 3.63) is 30.2 Å². The number of carbonyl (C=O) groups is 1. The Morgan fingerprint density at radius 1 is 1.73 bits per heavy atom. The SMILES string of the molecule is CNC(=O)C=Cc1ccoc1. The summed E-state index contributed by atoms with van der Waals surface area (Å²) < 4.78 is 4.80. The number of furan rings is 1. The molecule has 58 valence electrons. The molecule has 0 atom stereocenters. The van der Waals surface area contributed by atoms with Gasteiger partial charge in [-0.1, -0.05) is 0 Å². The highest BCUT2D eigenvalue weighted by molar-refractivity contribution is 5.91. The lowest BCUT2D eigenvalue weighted by Crippen LogP contribution is -2.13. The first-order valence-electron chi connectivity index (χ1n) is 3.25. The Morgan fingerprint density at radius 3 is 3.09 bits per heavy atom. The normalized spacial score (nSPS) is 10.3. The largest absolute Gasteiger partial charge is 0.472 e. The molecule has 0 spiro atoms. The van der Waals surface area contributed by atoms with Crippen LogP contribution in [0.4, 0.5) is 0 Å². The van der Waals surface area contributed by atoms with Crippen molar-refractivity contribution < 1.29 is 9.21 Å². The topological polar surface area (TPSA) is 42.2 Å². The summed E-state index contributed by atoms with van der Waals surface area (Å²) in [5.41, 5.74) is 0.883. The van der Waals surface area contributed by atoms with E-state index in [0.29, 0.717) is 0 Å². The van der Waals surface area contributed by atoms with Gasteiger partial charge in [0.15, 0.2) is 0 Å². The van der Waals surface area contributed by atoms with Crippen LogP contribution in [0.1, 0.15) is 5.56 Å². The third-order valence-corrected chi connectivity index (χ3v) is 1.22. The minimum absolute atomic E-state index is 0.119. The molecule has 0 unspecified atom stereocenters. The van der Waals surface area contributed by atoms with Crippen molar-refractivity contribution >= 4 is 12.0 Å². The first kappa shape index (κ1) is 7.60. The second-order valence-corrected chi connectivity index (χ2v) is 2.00. The van der Waals surface area contributed by atoms with Gasteiger partial charge in [0.05, 0.1) is 12.5 Å². The number of nitrogens with one attached hydrogen (secondary N) is 1. The molecule has 0 fully saturated rings. The maximum absolute atomic E-state index is 10.7. The number of hydrogen-bond donors (Lipinski definition) is 1. The first-order valence-corrected chi connectivity index (χ1v) is 3.25. The lowest BCUT2D eigenvalue weighted by Gasteiger charge is -1.86. The van der Waals surface area contributed by atoms with Crippen LogP contribution in [0.5, 0.6) is 0 Å². The molecule has 0 saturated carbocycles. The summed E-state index contributed by atoms with van der Waals surface area (Å²) in [5.74, 6) is -0.119. The molecule has 3 nitrogen and oxygen atoms in total. The highest BCUT2D eigenvalue weighted by Gasteiger charge is 1.89. The predicted molar refractivity (Wildman–Crippen MR) is 41.8 cm³/mol. The highest BCUT2D eigenvalue weighted by atomic mass is 16.3. The molecule has 1 rings (SSSR count). The lowest BCUT2D eigenvalue weighted by atomic mass is 10.3. The standard InChI is InChI=1S/C8H9NO2/c1-9-8(10)3-2-7-4-5-11-6-7/h2-6H,1H3,(H,9,10). The fourth-order valence-electron chi connectivity index (χ4n) is 0.625. The van der Waals surface area contributed by atoms with Crippen molar-refractivity contribution in [1.82, 2.24) is 5.32 Å². The zero-order valence-corrected chi connectivity index (χ0v) is 6.20. The van der Waals surface area contributed by atoms with Gasteiger partial charge in [0, 0.05) is 18.7 Å². The van der Waals surface area contributed by atoms with E-state index >= 15 is 0 Å². The van der Waals surface area contributed by atoms with Crippen molar-refractivity contribution in [2.45, 2.75) is 0 Å². The average molecular weight is 151 g/mol. The predicted octanol–water partition coefficient (Wildman–Crippen LogP) is 1.04. The van der Waals surface area contributed by atoms with Gasteiger partial charge in [0.1, 0.15) is 0 Å². The van der Waals surface area contributed by atoms with E-state index in [-0.39, 0.29) is 5.91 Å². The van der Waals surface area contributed by atoms with Crippen molar-refractivity contribution in [2.24, 2.45) is 0 Å². The van der Waals surface area contributed by atoms with E-state index in [1.807, 2.05) is 0 Å². The van der Waals surface area contributed by atoms with Gasteiger partial charge >= 0.3 is 0 Å². The maximum Gasteiger partial charge on any atom is 0.243 e. The van der Waals surface area contributed by atoms with Gasteiger partial charge in [0.25, 0.3) is 0 Å². The lowest BCUT2D eigenvalue weighted by molar-refractivity contribution is -0.115. The van der Waals surface area contributed by atoms with Gasteiger partial charge in [-0.15, -0.1) is 0 Å². The summed E-state index contributed by atoms with van der Waals surface area (Å²) in [4.78, 5) is 10.7. The molecule has 0 bridgehead atoms. The molecular weight excluding hydrogens is 142 g/mol. The quantitative estimate of drug-likeness (QED) is 0.641. The highest BCUT2D eigenvalue weighted by Crippen LogP contribution is 2.01. The van der Waals surface area contributed by atoms with E-state index in [1.165, 1.54) is 6.08 Å². The maximum atomic E-state index is 10.7. The van der Waals surface area contributed by atoms with Crippen molar-refractivity contribution in [3.63, 3.8) is 0 Å². The Hall–Kier alpha value is -1.51. The third kappa shape index (κ3) is 2.29. The van der Waals surface area contributed by atoms with E-state index in [0.717, 1.165) is 5.56 Å². The van der Waals surface area contributed by atoms with Gasteiger partial charge < -0.3 is 9.73 Å². The Balaban J connectivity index is 2.55. The summed E-state index contributed by atoms with van der Waals surface area (Å²) in [6.45, 7) is 0. The zero-order valence-electron chi connectivity index (χ0n) is 6.20. The van der Waals surface area contributed by atoms with Gasteiger partial charge in [-0.25, -0.2) is 0 Å². The second-order valence-electron chi connectivity index (χ2n) is 2.00. The molecule has 0 aliphatic rings. The van der Waals surface area contributed by atoms with Crippen LogP contribution < -0.4 is 5.32 Å². The summed E-state index contributed by atoms with van der Waals surface area (Å²) in [6, 6.07) is 1.78. The number of rotatable bonds is 2. The first-order chi connectivity index (χ1) is 5.33. The summed E-state index contributed by atoms with van der Waals surface area (Å²) in [7, 11) is 1.59. The molecule has 0 aliphatic carbocycles. The molecule has 1 aromatic rings. The molecule has 0 radical (unpaired) electrons. The van der Waals surface area contributed by atoms with Crippen molar-refractivity contribution in [2.75, 3.05) is 7.05 Å². The van der Waals surface area contributed by atoms with Crippen LogP contribution in [0.2, 0.25) is 0 Å². The Labute approximate surface area is 64.7 Å². The molecule has 1 heterocycles. The van der Waals surface area contributed by atoms with Gasteiger partial charge in [-0.2, -0.15) is 0 Å². The van der Waals surface area contributed by atoms with Gasteiger partial charge in [-0.3, -0.25) is 4.79 Å². The second kappa shape index (κ2) is 3.61. The molecule has 0 saturated heterocycles. The molecule has 1 amide bonds. The van der Waals surface area contributed by atoms with Gasteiger partial charge in [0.2, 0.25) is 5.91 Å². The van der Waals surface area contributed by atoms with Crippen LogP contribution in [0, 0.1) is 0 Å². The molecule has 3 heteroatoms. The molecule has 1 N–H and O–H groups in total. The Bertz CT molecular complexity index is 249. The molecule has 0 aromatic carbocycles. The Morgan fingerprint density at radius 2 is 2.55 bits per heavy atom. The van der Waals surface area contributed by atoms with Crippen LogP contribution in [-0.2, 0) is 4.79 Å². The Kier molecular flexibility index (Phi) is 2.49. The third-order valence-electron chi connectivity index (χ3n) is 1.22. The fraction of sp³-hybridized carbons (Fsp3) is 0.125. The van der Waals surface area contributed by atoms with Crippen LogP contribution >= 0.6 is 0 Å². The number of amides is 1. The summed E-state index contributed by atoms with van der Waals surface area (Å²) in [6.07, 6.45) is 6.26. The minimum atomic E-state index is -0.119. The van der Waals surface area contributed by atoms with E-state index in [4.69, 9.17) is 4.42 Å². The smallest absolute Gasteiger partial charge is 0.243 e. The van der Waals surface area contributed by atoms with Gasteiger partial charge in [-0.05, 0) is 12.1 Å². The van der Waals surface area contributed by atoms with E-state index < -0.39 is 0 Å². The molecular formula is C8H9NO2. The number of likely N-dealkylation sites (N-methyl/N-ethyl adjacent to an activating group) is 1. The van der Waals surface area contributed by atoms with Crippen LogP contribution in [0.15, 0.2) is 29.1 Å². The molecule has 0 aliphatic heterocycles. The van der Waals surface area contributed by atoms with Crippen LogP contribution in [0.25, 0.3) is 6.08 Å².